The summed E-state index contributed by atoms with van der Waals surface area (Å²) in [7, 11) is 2.84. The average Bonchev–Trinajstić information content (AvgIpc) is 2.91. The number of ether oxygens (including phenoxy) is 2. The molecule has 1 rings (SSSR count). The number of nitrogens with zero attached hydrogens (tertiary/aromatic N) is 1. The summed E-state index contributed by atoms with van der Waals surface area (Å²) in [5.74, 6) is -1.39. The van der Waals surface area contributed by atoms with Gasteiger partial charge < -0.3 is 24.8 Å². The predicted molar refractivity (Wildman–Crippen MR) is 72.8 cm³/mol. The normalized spacial score (nSPS) is 19.1. The molecule has 0 saturated carbocycles. The Morgan fingerprint density at radius 3 is 2.67 bits per heavy atom. The van der Waals surface area contributed by atoms with E-state index in [4.69, 9.17) is 9.84 Å². The maximum absolute atomic E-state index is 12.0. The first-order valence-electron chi connectivity index (χ1n) is 6.82. The molecule has 1 fully saturated rings. The second-order valence-electron chi connectivity index (χ2n) is 5.01. The van der Waals surface area contributed by atoms with Crippen LogP contribution in [0.15, 0.2) is 0 Å². The third-order valence-electron chi connectivity index (χ3n) is 3.44. The molecule has 0 aliphatic carbocycles. The van der Waals surface area contributed by atoms with Gasteiger partial charge in [0.05, 0.1) is 13.7 Å². The van der Waals surface area contributed by atoms with Crippen molar-refractivity contribution in [2.24, 2.45) is 5.92 Å². The molecule has 1 unspecified atom stereocenters. The quantitative estimate of drug-likeness (QED) is 0.645. The summed E-state index contributed by atoms with van der Waals surface area (Å²) in [6.07, 6.45) is 0.782. The molecule has 120 valence electrons. The van der Waals surface area contributed by atoms with Gasteiger partial charge in [-0.05, 0) is 12.8 Å². The van der Waals surface area contributed by atoms with Crippen molar-refractivity contribution >= 4 is 18.0 Å². The number of nitrogens with one attached hydrogen (secondary N) is 1. The number of carbonyl (C=O) groups is 3. The fourth-order valence-electron chi connectivity index (χ4n) is 2.25. The zero-order chi connectivity index (χ0) is 15.8. The van der Waals surface area contributed by atoms with E-state index in [0.717, 1.165) is 6.42 Å². The van der Waals surface area contributed by atoms with Gasteiger partial charge in [0, 0.05) is 32.5 Å². The Morgan fingerprint density at radius 1 is 1.38 bits per heavy atom. The Labute approximate surface area is 123 Å². The van der Waals surface area contributed by atoms with E-state index in [0.29, 0.717) is 19.7 Å². The van der Waals surface area contributed by atoms with Gasteiger partial charge in [-0.2, -0.15) is 0 Å². The molecule has 0 aromatic heterocycles. The molecule has 2 N–H and O–H groups in total. The van der Waals surface area contributed by atoms with E-state index in [9.17, 15) is 14.4 Å². The van der Waals surface area contributed by atoms with Gasteiger partial charge in [-0.3, -0.25) is 4.79 Å². The van der Waals surface area contributed by atoms with E-state index in [1.165, 1.54) is 7.11 Å². The lowest BCUT2D eigenvalue weighted by molar-refractivity contribution is -0.142. The van der Waals surface area contributed by atoms with E-state index in [1.54, 1.807) is 12.0 Å². The van der Waals surface area contributed by atoms with Crippen LogP contribution in [0.3, 0.4) is 0 Å². The van der Waals surface area contributed by atoms with Crippen molar-refractivity contribution in [1.82, 2.24) is 10.2 Å². The molecule has 0 aromatic carbocycles. The number of urea groups is 1. The van der Waals surface area contributed by atoms with Gasteiger partial charge in [0.25, 0.3) is 0 Å². The minimum Gasteiger partial charge on any atom is -0.480 e. The summed E-state index contributed by atoms with van der Waals surface area (Å²) in [4.78, 5) is 35.7. The second kappa shape index (κ2) is 8.46. The first-order valence-corrected chi connectivity index (χ1v) is 6.82. The van der Waals surface area contributed by atoms with E-state index in [-0.39, 0.29) is 18.8 Å². The minimum absolute atomic E-state index is 0.00306. The Kier molecular flexibility index (Phi) is 6.93. The highest BCUT2D eigenvalue weighted by Gasteiger charge is 2.29. The van der Waals surface area contributed by atoms with Gasteiger partial charge >= 0.3 is 18.0 Å². The minimum atomic E-state index is -1.17. The number of rotatable bonds is 7. The standard InChI is InChI=1S/C13H22N2O6/c1-20-8-9-5-6-15(7-9)13(19)14-10(12(17)18)3-4-11(16)21-2/h9-10H,3-8H2,1-2H3,(H,14,19)(H,17,18)/t9?,10-/m0/s1. The van der Waals surface area contributed by atoms with Crippen LogP contribution in [0.4, 0.5) is 4.79 Å². The molecule has 1 heterocycles. The Hall–Kier alpha value is -1.83. The summed E-state index contributed by atoms with van der Waals surface area (Å²) in [6.45, 7) is 1.70. The number of hydrogen-bond donors (Lipinski definition) is 2. The van der Waals surface area contributed by atoms with E-state index in [2.05, 4.69) is 10.1 Å². The summed E-state index contributed by atoms with van der Waals surface area (Å²) in [6, 6.07) is -1.52. The fourth-order valence-corrected chi connectivity index (χ4v) is 2.25. The van der Waals surface area contributed by atoms with Crippen molar-refractivity contribution in [2.75, 3.05) is 33.9 Å². The number of carboxylic acids is 1. The second-order valence-corrected chi connectivity index (χ2v) is 5.01. The fraction of sp³-hybridized carbons (Fsp3) is 0.769. The SMILES string of the molecule is COCC1CCN(C(=O)N[C@@H](CCC(=O)OC)C(=O)O)C1. The molecule has 0 radical (unpaired) electrons. The number of hydrogen-bond acceptors (Lipinski definition) is 5. The smallest absolute Gasteiger partial charge is 0.326 e. The molecule has 1 aliphatic heterocycles. The zero-order valence-electron chi connectivity index (χ0n) is 12.3. The molecule has 0 aromatic rings. The monoisotopic (exact) mass is 302 g/mol. The van der Waals surface area contributed by atoms with Crippen LogP contribution in [0.5, 0.6) is 0 Å². The van der Waals surface area contributed by atoms with Crippen LogP contribution in [0.2, 0.25) is 0 Å². The van der Waals surface area contributed by atoms with Gasteiger partial charge in [0.2, 0.25) is 0 Å². The average molecular weight is 302 g/mol. The number of amides is 2. The van der Waals surface area contributed by atoms with E-state index >= 15 is 0 Å². The van der Waals surface area contributed by atoms with Gasteiger partial charge in [0.15, 0.2) is 0 Å². The number of aliphatic carboxylic acids is 1. The van der Waals surface area contributed by atoms with E-state index < -0.39 is 24.0 Å². The molecule has 1 aliphatic rings. The highest BCUT2D eigenvalue weighted by Crippen LogP contribution is 2.16. The maximum atomic E-state index is 12.0. The van der Waals surface area contributed by atoms with Crippen LogP contribution in [-0.4, -0.2) is 67.9 Å². The topological polar surface area (TPSA) is 105 Å². The third kappa shape index (κ3) is 5.58. The first kappa shape index (κ1) is 17.2. The van der Waals surface area contributed by atoms with Crippen molar-refractivity contribution in [3.05, 3.63) is 0 Å². The molecule has 8 nitrogen and oxygen atoms in total. The van der Waals surface area contributed by atoms with Crippen LogP contribution in [0.25, 0.3) is 0 Å². The number of carboxylic acid groups (broad SMARTS) is 1. The van der Waals surface area contributed by atoms with Crippen molar-refractivity contribution in [3.63, 3.8) is 0 Å². The lowest BCUT2D eigenvalue weighted by Gasteiger charge is -2.21. The van der Waals surface area contributed by atoms with Crippen molar-refractivity contribution in [1.29, 1.82) is 0 Å². The van der Waals surface area contributed by atoms with Gasteiger partial charge in [-0.25, -0.2) is 9.59 Å². The van der Waals surface area contributed by atoms with Crippen LogP contribution in [0.1, 0.15) is 19.3 Å². The lowest BCUT2D eigenvalue weighted by atomic mass is 10.1. The molecule has 8 heteroatoms. The van der Waals surface area contributed by atoms with E-state index in [1.807, 2.05) is 0 Å². The number of likely N-dealkylation sites (tertiary alicyclic amines) is 1. The Balaban J connectivity index is 2.45. The van der Waals surface area contributed by atoms with Crippen molar-refractivity contribution in [2.45, 2.75) is 25.3 Å². The Morgan fingerprint density at radius 2 is 2.10 bits per heavy atom. The lowest BCUT2D eigenvalue weighted by Crippen LogP contribution is -2.47. The predicted octanol–water partition coefficient (Wildman–Crippen LogP) is 0.0707. The summed E-state index contributed by atoms with van der Waals surface area (Å²) in [5, 5.41) is 11.5. The van der Waals surface area contributed by atoms with Gasteiger partial charge in [-0.15, -0.1) is 0 Å². The van der Waals surface area contributed by atoms with Crippen LogP contribution >= 0.6 is 0 Å². The molecule has 21 heavy (non-hydrogen) atoms. The van der Waals surface area contributed by atoms with Gasteiger partial charge in [-0.1, -0.05) is 0 Å². The van der Waals surface area contributed by atoms with Crippen molar-refractivity contribution in [3.8, 4) is 0 Å². The maximum Gasteiger partial charge on any atom is 0.326 e. The van der Waals surface area contributed by atoms with Gasteiger partial charge in [0.1, 0.15) is 6.04 Å². The molecule has 2 amide bonds. The largest absolute Gasteiger partial charge is 0.480 e. The first-order chi connectivity index (χ1) is 9.97. The van der Waals surface area contributed by atoms with Crippen LogP contribution in [0, 0.1) is 5.92 Å². The summed E-state index contributed by atoms with van der Waals surface area (Å²) in [5.41, 5.74) is 0. The molecular formula is C13H22N2O6. The molecular weight excluding hydrogens is 280 g/mol. The number of carbonyl (C=O) groups excluding carboxylic acids is 2. The number of methoxy groups -OCH3 is 2. The highest BCUT2D eigenvalue weighted by molar-refractivity contribution is 5.83. The molecule has 1 saturated heterocycles. The highest BCUT2D eigenvalue weighted by atomic mass is 16.5. The molecule has 2 atom stereocenters. The molecule has 0 spiro atoms. The number of esters is 1. The Bertz CT molecular complexity index is 387. The molecule has 0 bridgehead atoms. The third-order valence-corrected chi connectivity index (χ3v) is 3.44. The summed E-state index contributed by atoms with van der Waals surface area (Å²) < 4.78 is 9.50. The zero-order valence-corrected chi connectivity index (χ0v) is 12.3. The van der Waals surface area contributed by atoms with Crippen LogP contribution < -0.4 is 5.32 Å². The van der Waals surface area contributed by atoms with Crippen LogP contribution in [-0.2, 0) is 19.1 Å². The summed E-state index contributed by atoms with van der Waals surface area (Å²) >= 11 is 0. The van der Waals surface area contributed by atoms with Crippen molar-refractivity contribution < 1.29 is 29.0 Å².